The number of esters is 1. The molecule has 0 fully saturated rings. The minimum absolute atomic E-state index is 0.00146. The first-order valence-electron chi connectivity index (χ1n) is 31.4. The molecule has 0 aliphatic heterocycles. The fourth-order valence-electron chi connectivity index (χ4n) is 9.99. The number of aliphatic hydroxyl groups is 2. The number of amides is 1. The molecule has 0 aliphatic rings. The Morgan fingerprint density at radius 3 is 1.03 bits per heavy atom. The largest absolute Gasteiger partial charge is 0.466 e. The lowest BCUT2D eigenvalue weighted by Crippen LogP contribution is -2.45. The Labute approximate surface area is 431 Å². The van der Waals surface area contributed by atoms with Crippen molar-refractivity contribution in [3.63, 3.8) is 0 Å². The van der Waals surface area contributed by atoms with Gasteiger partial charge in [0.15, 0.2) is 0 Å². The molecule has 0 rings (SSSR count). The molecule has 1 amide bonds. The summed E-state index contributed by atoms with van der Waals surface area (Å²) in [6.07, 6.45) is 70.7. The van der Waals surface area contributed by atoms with E-state index in [0.717, 1.165) is 44.9 Å². The molecule has 0 aliphatic carbocycles. The highest BCUT2D eigenvalue weighted by Gasteiger charge is 2.20. The molecule has 69 heavy (non-hydrogen) atoms. The quantitative estimate of drug-likeness (QED) is 0.0321. The molecule has 0 saturated heterocycles. The van der Waals surface area contributed by atoms with E-state index in [1.807, 2.05) is 0 Å². The lowest BCUT2D eigenvalue weighted by atomic mass is 10.0. The zero-order valence-corrected chi connectivity index (χ0v) is 46.8. The summed E-state index contributed by atoms with van der Waals surface area (Å²) < 4.78 is 5.48. The molecule has 3 N–H and O–H groups in total. The second-order valence-corrected chi connectivity index (χ2v) is 21.7. The van der Waals surface area contributed by atoms with Gasteiger partial charge in [-0.15, -0.1) is 0 Å². The first-order valence-corrected chi connectivity index (χ1v) is 31.4. The van der Waals surface area contributed by atoms with Crippen LogP contribution < -0.4 is 5.32 Å². The Bertz CT molecular complexity index is 1030. The van der Waals surface area contributed by atoms with Gasteiger partial charge in [-0.2, -0.15) is 0 Å². The second-order valence-electron chi connectivity index (χ2n) is 21.7. The maximum atomic E-state index is 12.5. The van der Waals surface area contributed by atoms with E-state index >= 15 is 0 Å². The number of hydrogen-bond donors (Lipinski definition) is 3. The maximum absolute atomic E-state index is 12.5. The van der Waals surface area contributed by atoms with Gasteiger partial charge in [0.2, 0.25) is 5.91 Å². The second kappa shape index (κ2) is 59.2. The van der Waals surface area contributed by atoms with E-state index in [0.29, 0.717) is 25.9 Å². The summed E-state index contributed by atoms with van der Waals surface area (Å²) in [7, 11) is 0. The van der Waals surface area contributed by atoms with Crippen LogP contribution in [0.15, 0.2) is 12.2 Å². The van der Waals surface area contributed by atoms with E-state index in [2.05, 4.69) is 31.3 Å². The van der Waals surface area contributed by atoms with Gasteiger partial charge < -0.3 is 20.3 Å². The highest BCUT2D eigenvalue weighted by molar-refractivity contribution is 5.76. The highest BCUT2D eigenvalue weighted by Crippen LogP contribution is 2.18. The summed E-state index contributed by atoms with van der Waals surface area (Å²) in [6, 6.07) is -0.544. The van der Waals surface area contributed by atoms with Crippen molar-refractivity contribution in [2.75, 3.05) is 13.2 Å². The first kappa shape index (κ1) is 67.6. The summed E-state index contributed by atoms with van der Waals surface area (Å²) in [5, 5.41) is 23.4. The van der Waals surface area contributed by atoms with Crippen molar-refractivity contribution in [1.29, 1.82) is 0 Å². The molecule has 2 atom stereocenters. The fraction of sp³-hybridized carbons (Fsp3) is 0.937. The molecular formula is C63H123NO5. The summed E-state index contributed by atoms with van der Waals surface area (Å²) >= 11 is 0. The zero-order chi connectivity index (χ0) is 50.0. The molecule has 0 bridgehead atoms. The number of unbranched alkanes of at least 4 members (excludes halogenated alkanes) is 46. The van der Waals surface area contributed by atoms with Gasteiger partial charge in [-0.3, -0.25) is 9.59 Å². The van der Waals surface area contributed by atoms with E-state index < -0.39 is 12.1 Å². The minimum atomic E-state index is -0.666. The Hall–Kier alpha value is -1.40. The van der Waals surface area contributed by atoms with Crippen LogP contribution in [0.4, 0.5) is 0 Å². The Kier molecular flexibility index (Phi) is 58.0. The van der Waals surface area contributed by atoms with Crippen molar-refractivity contribution in [2.24, 2.45) is 0 Å². The average molecular weight is 975 g/mol. The third kappa shape index (κ3) is 55.8. The molecule has 0 aromatic carbocycles. The molecule has 0 saturated carbocycles. The number of hydrogen-bond acceptors (Lipinski definition) is 5. The van der Waals surface area contributed by atoms with Crippen molar-refractivity contribution >= 4 is 11.9 Å². The van der Waals surface area contributed by atoms with Crippen LogP contribution in [0.3, 0.4) is 0 Å². The summed E-state index contributed by atoms with van der Waals surface area (Å²) in [5.41, 5.74) is 0. The van der Waals surface area contributed by atoms with Gasteiger partial charge in [0.25, 0.3) is 0 Å². The van der Waals surface area contributed by atoms with Crippen LogP contribution in [0.5, 0.6) is 0 Å². The summed E-state index contributed by atoms with van der Waals surface area (Å²) in [6.45, 7) is 4.96. The molecule has 0 aromatic rings. The predicted octanol–water partition coefficient (Wildman–Crippen LogP) is 19.6. The van der Waals surface area contributed by atoms with E-state index in [1.165, 1.54) is 276 Å². The molecule has 410 valence electrons. The van der Waals surface area contributed by atoms with Crippen LogP contribution in [-0.2, 0) is 14.3 Å². The number of rotatable bonds is 59. The lowest BCUT2D eigenvalue weighted by Gasteiger charge is -2.22. The number of carbonyl (C=O) groups is 2. The number of ether oxygens (including phenoxy) is 1. The smallest absolute Gasteiger partial charge is 0.305 e. The number of aliphatic hydroxyl groups excluding tert-OH is 2. The molecule has 6 nitrogen and oxygen atoms in total. The summed E-state index contributed by atoms with van der Waals surface area (Å²) in [5.74, 6) is -0.0329. The van der Waals surface area contributed by atoms with Crippen LogP contribution in [0.25, 0.3) is 0 Å². The van der Waals surface area contributed by atoms with Crippen molar-refractivity contribution in [3.05, 3.63) is 12.2 Å². The topological polar surface area (TPSA) is 95.9 Å². The van der Waals surface area contributed by atoms with Crippen LogP contribution in [-0.4, -0.2) is 47.4 Å². The van der Waals surface area contributed by atoms with Gasteiger partial charge in [0.05, 0.1) is 25.4 Å². The van der Waals surface area contributed by atoms with Crippen molar-refractivity contribution in [1.82, 2.24) is 5.32 Å². The monoisotopic (exact) mass is 974 g/mol. The minimum Gasteiger partial charge on any atom is -0.466 e. The molecular weight excluding hydrogens is 851 g/mol. The van der Waals surface area contributed by atoms with Gasteiger partial charge in [-0.1, -0.05) is 302 Å². The van der Waals surface area contributed by atoms with E-state index in [4.69, 9.17) is 4.74 Å². The van der Waals surface area contributed by atoms with Crippen LogP contribution in [0.1, 0.15) is 354 Å². The van der Waals surface area contributed by atoms with Crippen LogP contribution in [0, 0.1) is 0 Å². The molecule has 0 spiro atoms. The van der Waals surface area contributed by atoms with Gasteiger partial charge in [0.1, 0.15) is 0 Å². The maximum Gasteiger partial charge on any atom is 0.305 e. The van der Waals surface area contributed by atoms with Gasteiger partial charge >= 0.3 is 5.97 Å². The normalized spacial score (nSPS) is 12.6. The Morgan fingerprint density at radius 1 is 0.391 bits per heavy atom. The number of carbonyl (C=O) groups excluding carboxylic acids is 2. The molecule has 0 heterocycles. The van der Waals surface area contributed by atoms with Gasteiger partial charge in [0, 0.05) is 12.8 Å². The average Bonchev–Trinajstić information content (AvgIpc) is 3.35. The Balaban J connectivity index is 3.40. The fourth-order valence-corrected chi connectivity index (χ4v) is 9.99. The van der Waals surface area contributed by atoms with Crippen LogP contribution >= 0.6 is 0 Å². The van der Waals surface area contributed by atoms with E-state index in [-0.39, 0.29) is 18.5 Å². The molecule has 2 unspecified atom stereocenters. The van der Waals surface area contributed by atoms with Gasteiger partial charge in [-0.05, 0) is 51.4 Å². The standard InChI is InChI=1S/C63H123NO5/c1-3-5-7-9-11-13-15-17-19-20-22-25-28-31-35-39-43-47-51-55-61(66)60(59-65)64-62(67)56-52-48-44-40-36-32-29-26-23-21-24-27-30-34-38-42-46-50-54-58-69-63(68)57-53-49-45-41-37-33-18-16-14-12-10-8-6-4-2/h16,18,60-61,65-66H,3-15,17,19-59H2,1-2H3,(H,64,67)/b18-16-. The zero-order valence-electron chi connectivity index (χ0n) is 46.8. The molecule has 0 radical (unpaired) electrons. The SMILES string of the molecule is CCCCCCC/C=C\CCCCCCCC(=O)OCCCCCCCCCCCCCCCCCCCCCC(=O)NC(CO)C(O)CCCCCCCCCCCCCCCCCCCCC. The number of allylic oxidation sites excluding steroid dienone is 2. The van der Waals surface area contributed by atoms with E-state index in [9.17, 15) is 19.8 Å². The molecule has 0 aromatic heterocycles. The Morgan fingerprint density at radius 2 is 0.681 bits per heavy atom. The molecule has 6 heteroatoms. The van der Waals surface area contributed by atoms with Crippen molar-refractivity contribution in [2.45, 2.75) is 366 Å². The lowest BCUT2D eigenvalue weighted by molar-refractivity contribution is -0.143. The van der Waals surface area contributed by atoms with Gasteiger partial charge in [-0.25, -0.2) is 0 Å². The van der Waals surface area contributed by atoms with Crippen LogP contribution in [0.2, 0.25) is 0 Å². The summed E-state index contributed by atoms with van der Waals surface area (Å²) in [4.78, 5) is 24.6. The third-order valence-electron chi connectivity index (χ3n) is 14.8. The highest BCUT2D eigenvalue weighted by atomic mass is 16.5. The third-order valence-corrected chi connectivity index (χ3v) is 14.8. The number of nitrogens with one attached hydrogen (secondary N) is 1. The van der Waals surface area contributed by atoms with Crippen molar-refractivity contribution < 1.29 is 24.5 Å². The van der Waals surface area contributed by atoms with Crippen molar-refractivity contribution in [3.8, 4) is 0 Å². The van der Waals surface area contributed by atoms with E-state index in [1.54, 1.807) is 0 Å². The first-order chi connectivity index (χ1) is 34.0. The predicted molar refractivity (Wildman–Crippen MR) is 301 cm³/mol.